The molecule has 4 aromatic carbocycles. The molecule has 184 valence electrons. The third kappa shape index (κ3) is 5.20. The van der Waals surface area contributed by atoms with Crippen molar-refractivity contribution < 1.29 is 34.3 Å². The molecule has 36 heavy (non-hydrogen) atoms. The van der Waals surface area contributed by atoms with Crippen molar-refractivity contribution in [2.45, 2.75) is 13.0 Å². The molecule has 4 rings (SSSR count). The molecule has 0 spiro atoms. The average Bonchev–Trinajstić information content (AvgIpc) is 2.88. The monoisotopic (exact) mass is 486 g/mol. The van der Waals surface area contributed by atoms with Crippen LogP contribution >= 0.6 is 0 Å². The van der Waals surface area contributed by atoms with Crippen molar-refractivity contribution in [3.63, 3.8) is 0 Å². The number of methoxy groups -OCH3 is 2. The van der Waals surface area contributed by atoms with Gasteiger partial charge in [-0.05, 0) is 40.5 Å². The first-order valence-corrected chi connectivity index (χ1v) is 11.2. The quantitative estimate of drug-likeness (QED) is 0.281. The van der Waals surface area contributed by atoms with Gasteiger partial charge in [-0.25, -0.2) is 0 Å². The summed E-state index contributed by atoms with van der Waals surface area (Å²) in [4.78, 5) is 11.0. The van der Waals surface area contributed by atoms with Crippen LogP contribution in [0.5, 0.6) is 28.7 Å². The van der Waals surface area contributed by atoms with Gasteiger partial charge in [0.25, 0.3) is 0 Å². The highest BCUT2D eigenvalue weighted by atomic mass is 16.5. The maximum atomic E-state index is 11.2. The Bertz CT molecular complexity index is 1360. The van der Waals surface area contributed by atoms with Crippen LogP contribution in [0.3, 0.4) is 0 Å². The third-order valence-electron chi connectivity index (χ3n) is 5.75. The SMILES string of the molecule is COc1cc(-c2ccc(CC(=O)O)cc2)c(OC)c(O)c1-c1ccc(OCc2ccccc2)c(O)c1. The Morgan fingerprint density at radius 3 is 2.08 bits per heavy atom. The molecule has 4 aromatic rings. The highest BCUT2D eigenvalue weighted by Gasteiger charge is 2.22. The van der Waals surface area contributed by atoms with E-state index in [0.29, 0.717) is 45.9 Å². The second-order valence-corrected chi connectivity index (χ2v) is 8.11. The van der Waals surface area contributed by atoms with Crippen LogP contribution in [0.15, 0.2) is 78.9 Å². The first-order valence-electron chi connectivity index (χ1n) is 11.2. The lowest BCUT2D eigenvalue weighted by atomic mass is 9.95. The Morgan fingerprint density at radius 2 is 1.47 bits per heavy atom. The van der Waals surface area contributed by atoms with Crippen LogP contribution in [0.1, 0.15) is 11.1 Å². The summed E-state index contributed by atoms with van der Waals surface area (Å²) >= 11 is 0. The van der Waals surface area contributed by atoms with Gasteiger partial charge in [-0.2, -0.15) is 0 Å². The van der Waals surface area contributed by atoms with Gasteiger partial charge in [0.15, 0.2) is 23.0 Å². The van der Waals surface area contributed by atoms with Crippen LogP contribution in [0.25, 0.3) is 22.3 Å². The number of aromatic hydroxyl groups is 2. The molecule has 0 aromatic heterocycles. The zero-order valence-electron chi connectivity index (χ0n) is 19.9. The normalized spacial score (nSPS) is 10.6. The van der Waals surface area contributed by atoms with Crippen molar-refractivity contribution in [1.29, 1.82) is 0 Å². The Morgan fingerprint density at radius 1 is 0.778 bits per heavy atom. The maximum absolute atomic E-state index is 11.2. The van der Waals surface area contributed by atoms with E-state index in [-0.39, 0.29) is 23.7 Å². The summed E-state index contributed by atoms with van der Waals surface area (Å²) in [5, 5.41) is 30.8. The topological polar surface area (TPSA) is 105 Å². The Balaban J connectivity index is 1.69. The molecule has 7 heteroatoms. The zero-order valence-corrected chi connectivity index (χ0v) is 19.9. The Hall–Kier alpha value is -4.65. The summed E-state index contributed by atoms with van der Waals surface area (Å²) in [6.45, 7) is 0.302. The largest absolute Gasteiger partial charge is 0.504 e. The number of benzene rings is 4. The standard InChI is InChI=1S/C29H26O7/c1-34-25-16-22(20-10-8-18(9-11-20)14-26(31)32)29(35-2)28(33)27(25)21-12-13-24(23(30)15-21)36-17-19-6-4-3-5-7-19/h3-13,15-16,30,33H,14,17H2,1-2H3,(H,31,32). The van der Waals surface area contributed by atoms with E-state index >= 15 is 0 Å². The summed E-state index contributed by atoms with van der Waals surface area (Å²) in [6, 6.07) is 23.2. The van der Waals surface area contributed by atoms with Crippen LogP contribution in [-0.4, -0.2) is 35.5 Å². The molecule has 0 atom stereocenters. The number of phenolic OH excluding ortho intramolecular Hbond substituents is 2. The van der Waals surface area contributed by atoms with E-state index in [1.165, 1.54) is 20.3 Å². The van der Waals surface area contributed by atoms with Crippen LogP contribution in [0, 0.1) is 0 Å². The predicted molar refractivity (Wildman–Crippen MR) is 136 cm³/mol. The lowest BCUT2D eigenvalue weighted by Gasteiger charge is -2.18. The van der Waals surface area contributed by atoms with Gasteiger partial charge in [0.2, 0.25) is 0 Å². The van der Waals surface area contributed by atoms with E-state index in [1.54, 1.807) is 42.5 Å². The van der Waals surface area contributed by atoms with Gasteiger partial charge in [-0.15, -0.1) is 0 Å². The second-order valence-electron chi connectivity index (χ2n) is 8.11. The van der Waals surface area contributed by atoms with Gasteiger partial charge in [0.1, 0.15) is 12.4 Å². The molecular weight excluding hydrogens is 460 g/mol. The molecular formula is C29H26O7. The summed E-state index contributed by atoms with van der Waals surface area (Å²) < 4.78 is 16.9. The smallest absolute Gasteiger partial charge is 0.307 e. The summed E-state index contributed by atoms with van der Waals surface area (Å²) in [5.74, 6) is -0.244. The van der Waals surface area contributed by atoms with E-state index in [4.69, 9.17) is 19.3 Å². The van der Waals surface area contributed by atoms with E-state index in [9.17, 15) is 15.0 Å². The molecule has 0 heterocycles. The molecule has 0 bridgehead atoms. The molecule has 0 aliphatic rings. The number of phenols is 2. The molecule has 0 saturated carbocycles. The molecule has 3 N–H and O–H groups in total. The zero-order chi connectivity index (χ0) is 25.7. The van der Waals surface area contributed by atoms with Crippen molar-refractivity contribution in [2.24, 2.45) is 0 Å². The Kier molecular flexibility index (Phi) is 7.30. The van der Waals surface area contributed by atoms with Crippen LogP contribution < -0.4 is 14.2 Å². The summed E-state index contributed by atoms with van der Waals surface area (Å²) in [5.41, 5.74) is 3.78. The molecule has 0 aliphatic heterocycles. The molecule has 0 amide bonds. The summed E-state index contributed by atoms with van der Waals surface area (Å²) in [6.07, 6.45) is -0.0839. The second kappa shape index (κ2) is 10.7. The van der Waals surface area contributed by atoms with Crippen molar-refractivity contribution in [3.8, 4) is 51.0 Å². The van der Waals surface area contributed by atoms with Crippen molar-refractivity contribution in [2.75, 3.05) is 14.2 Å². The molecule has 0 fully saturated rings. The van der Waals surface area contributed by atoms with Gasteiger partial charge < -0.3 is 29.5 Å². The molecule has 7 nitrogen and oxygen atoms in total. The minimum atomic E-state index is -0.913. The number of hydrogen-bond donors (Lipinski definition) is 3. The van der Waals surface area contributed by atoms with Gasteiger partial charge in [-0.3, -0.25) is 4.79 Å². The number of carboxylic acids is 1. The van der Waals surface area contributed by atoms with Crippen molar-refractivity contribution >= 4 is 5.97 Å². The van der Waals surface area contributed by atoms with Crippen LogP contribution in [0.2, 0.25) is 0 Å². The van der Waals surface area contributed by atoms with Gasteiger partial charge in [-0.1, -0.05) is 60.7 Å². The fraction of sp³-hybridized carbons (Fsp3) is 0.138. The van der Waals surface area contributed by atoms with E-state index in [1.807, 2.05) is 30.3 Å². The average molecular weight is 487 g/mol. The van der Waals surface area contributed by atoms with Crippen LogP contribution in [0.4, 0.5) is 0 Å². The third-order valence-corrected chi connectivity index (χ3v) is 5.75. The van der Waals surface area contributed by atoms with Gasteiger partial charge in [0, 0.05) is 5.56 Å². The van der Waals surface area contributed by atoms with E-state index in [2.05, 4.69) is 0 Å². The summed E-state index contributed by atoms with van der Waals surface area (Å²) in [7, 11) is 2.94. The number of hydrogen-bond acceptors (Lipinski definition) is 6. The predicted octanol–water partition coefficient (Wildman–Crippen LogP) is 5.66. The highest BCUT2D eigenvalue weighted by molar-refractivity contribution is 5.88. The minimum Gasteiger partial charge on any atom is -0.504 e. The Labute approximate surface area is 208 Å². The van der Waals surface area contributed by atoms with E-state index in [0.717, 1.165) is 5.56 Å². The van der Waals surface area contributed by atoms with E-state index < -0.39 is 5.97 Å². The number of carbonyl (C=O) groups is 1. The van der Waals surface area contributed by atoms with Crippen molar-refractivity contribution in [3.05, 3.63) is 90.0 Å². The van der Waals surface area contributed by atoms with Crippen molar-refractivity contribution in [1.82, 2.24) is 0 Å². The molecule has 0 saturated heterocycles. The highest BCUT2D eigenvalue weighted by Crippen LogP contribution is 2.50. The molecule has 0 radical (unpaired) electrons. The first kappa shape index (κ1) is 24.5. The number of rotatable bonds is 9. The van der Waals surface area contributed by atoms with Gasteiger partial charge in [0.05, 0.1) is 26.2 Å². The minimum absolute atomic E-state index is 0.0815. The maximum Gasteiger partial charge on any atom is 0.307 e. The number of ether oxygens (including phenoxy) is 3. The van der Waals surface area contributed by atoms with Gasteiger partial charge >= 0.3 is 5.97 Å². The first-order chi connectivity index (χ1) is 17.4. The lowest BCUT2D eigenvalue weighted by molar-refractivity contribution is -0.136. The fourth-order valence-corrected chi connectivity index (χ4v) is 3.99. The molecule has 0 unspecified atom stereocenters. The lowest BCUT2D eigenvalue weighted by Crippen LogP contribution is -2.00. The molecule has 0 aliphatic carbocycles. The van der Waals surface area contributed by atoms with Crippen LogP contribution in [-0.2, 0) is 17.8 Å². The number of carboxylic acid groups (broad SMARTS) is 1. The number of aliphatic carboxylic acids is 1. The fourth-order valence-electron chi connectivity index (χ4n) is 3.99.